The molecule has 2 atom stereocenters. The summed E-state index contributed by atoms with van der Waals surface area (Å²) in [5, 5.41) is 33.5. The summed E-state index contributed by atoms with van der Waals surface area (Å²) in [6.45, 7) is 6.70. The summed E-state index contributed by atoms with van der Waals surface area (Å²) >= 11 is 0. The van der Waals surface area contributed by atoms with Crippen molar-refractivity contribution in [1.29, 1.82) is 0 Å². The molecule has 2 unspecified atom stereocenters. The molecule has 0 aliphatic carbocycles. The summed E-state index contributed by atoms with van der Waals surface area (Å²) in [6, 6.07) is 0. The first-order chi connectivity index (χ1) is 31.8. The van der Waals surface area contributed by atoms with Gasteiger partial charge in [-0.2, -0.15) is 0 Å². The monoisotopic (exact) mass is 899 g/mol. The van der Waals surface area contributed by atoms with E-state index in [9.17, 15) is 29.7 Å². The van der Waals surface area contributed by atoms with Gasteiger partial charge in [-0.3, -0.25) is 14.4 Å². The average Bonchev–Trinajstić information content (AvgIpc) is 3.31. The average molecular weight is 899 g/mol. The number of allylic oxidation sites excluding steroid dienone is 18. The largest absolute Gasteiger partial charge is 0.386 e. The molecule has 0 rings (SSSR count). The lowest BCUT2D eigenvalue weighted by molar-refractivity contribution is -0.169. The molecular weight excluding hydrogens is 805 g/mol. The first-order valence-electron chi connectivity index (χ1n) is 26.1. The van der Waals surface area contributed by atoms with E-state index in [0.717, 1.165) is 50.7 Å². The molecule has 3 N–H and O–H groups in total. The highest BCUT2D eigenvalue weighted by molar-refractivity contribution is 6.19. The number of rotatable bonds is 45. The second kappa shape index (κ2) is 46.8. The van der Waals surface area contributed by atoms with Gasteiger partial charge < -0.3 is 15.3 Å². The molecule has 0 aromatic carbocycles. The number of carbonyl (C=O) groups is 3. The lowest BCUT2D eigenvalue weighted by Crippen LogP contribution is -2.60. The molecule has 0 spiro atoms. The molecule has 0 bridgehead atoms. The van der Waals surface area contributed by atoms with Gasteiger partial charge in [-0.25, -0.2) is 0 Å². The van der Waals surface area contributed by atoms with Crippen LogP contribution in [0.1, 0.15) is 213 Å². The second-order valence-electron chi connectivity index (χ2n) is 17.5. The highest BCUT2D eigenvalue weighted by Gasteiger charge is 2.51. The molecule has 366 valence electrons. The summed E-state index contributed by atoms with van der Waals surface area (Å²) in [6.07, 6.45) is 64.9. The van der Waals surface area contributed by atoms with Gasteiger partial charge in [0.05, 0.1) is 0 Å². The molecule has 6 nitrogen and oxygen atoms in total. The number of Topliss-reactive ketones (excluding diaryl/α,β-unsaturated/α-hetero) is 1. The Balaban J connectivity index is 5.30. The topological polar surface area (TPSA) is 112 Å². The minimum Gasteiger partial charge on any atom is -0.386 e. The van der Waals surface area contributed by atoms with Crippen LogP contribution in [0, 0.1) is 0 Å². The SMILES string of the molecule is CCCCCCCCCC=CC=CC=CC=CC=CC(=O)C(O)(C(=O)C=CC=CC=CC=CC=CCCCCCCCCC)C(O)C(O)C(=O)CCCCCCCCCCCCCCC. The maximum Gasteiger partial charge on any atom is 0.218 e. The van der Waals surface area contributed by atoms with E-state index in [-0.39, 0.29) is 6.42 Å². The Morgan fingerprint density at radius 3 is 0.954 bits per heavy atom. The smallest absolute Gasteiger partial charge is 0.218 e. The van der Waals surface area contributed by atoms with E-state index in [1.165, 1.54) is 153 Å². The number of aliphatic hydroxyl groups excluding tert-OH is 2. The van der Waals surface area contributed by atoms with Crippen LogP contribution in [-0.4, -0.2) is 50.5 Å². The van der Waals surface area contributed by atoms with Crippen molar-refractivity contribution >= 4 is 17.3 Å². The fraction of sp³-hybridized carbons (Fsp3) is 0.610. The van der Waals surface area contributed by atoms with Crippen LogP contribution in [0.4, 0.5) is 0 Å². The highest BCUT2D eigenvalue weighted by Crippen LogP contribution is 2.22. The predicted molar refractivity (Wildman–Crippen MR) is 279 cm³/mol. The van der Waals surface area contributed by atoms with Gasteiger partial charge in [0.15, 0.2) is 17.3 Å². The van der Waals surface area contributed by atoms with Gasteiger partial charge in [0, 0.05) is 6.42 Å². The Labute approximate surface area is 398 Å². The molecule has 0 heterocycles. The minimum atomic E-state index is -3.07. The van der Waals surface area contributed by atoms with Crippen molar-refractivity contribution in [1.82, 2.24) is 0 Å². The van der Waals surface area contributed by atoms with Crippen LogP contribution in [0.25, 0.3) is 0 Å². The Bertz CT molecular complexity index is 1390. The third-order valence-electron chi connectivity index (χ3n) is 11.6. The summed E-state index contributed by atoms with van der Waals surface area (Å²) < 4.78 is 0. The lowest BCUT2D eigenvalue weighted by atomic mass is 9.82. The number of carbonyl (C=O) groups excluding carboxylic acids is 3. The predicted octanol–water partition coefficient (Wildman–Crippen LogP) is 15.5. The molecule has 0 saturated carbocycles. The quantitative estimate of drug-likeness (QED) is 0.0243. The number of unbranched alkanes of at least 4 members (excludes halogenated alkanes) is 26. The Hall–Kier alpha value is -3.71. The Morgan fingerprint density at radius 2 is 0.631 bits per heavy atom. The Morgan fingerprint density at radius 1 is 0.369 bits per heavy atom. The van der Waals surface area contributed by atoms with Gasteiger partial charge in [-0.1, -0.05) is 284 Å². The molecule has 0 saturated heterocycles. The van der Waals surface area contributed by atoms with Crippen molar-refractivity contribution in [3.8, 4) is 0 Å². The maximum absolute atomic E-state index is 13.4. The minimum absolute atomic E-state index is 0.0306. The number of hydrogen-bond acceptors (Lipinski definition) is 6. The zero-order chi connectivity index (χ0) is 47.7. The van der Waals surface area contributed by atoms with E-state index in [1.54, 1.807) is 36.5 Å². The van der Waals surface area contributed by atoms with E-state index >= 15 is 0 Å². The molecule has 65 heavy (non-hydrogen) atoms. The summed E-state index contributed by atoms with van der Waals surface area (Å²) in [4.78, 5) is 39.8. The van der Waals surface area contributed by atoms with Gasteiger partial charge in [0.1, 0.15) is 12.2 Å². The molecule has 0 radical (unpaired) electrons. The van der Waals surface area contributed by atoms with Gasteiger partial charge in [-0.15, -0.1) is 0 Å². The molecule has 0 amide bonds. The lowest BCUT2D eigenvalue weighted by Gasteiger charge is -2.30. The summed E-state index contributed by atoms with van der Waals surface area (Å²) in [5.41, 5.74) is -3.07. The molecular formula is C59H94O6. The van der Waals surface area contributed by atoms with Crippen molar-refractivity contribution in [3.05, 3.63) is 122 Å². The fourth-order valence-electron chi connectivity index (χ4n) is 7.38. The first-order valence-corrected chi connectivity index (χ1v) is 26.1. The van der Waals surface area contributed by atoms with E-state index in [4.69, 9.17) is 0 Å². The molecule has 0 aliphatic rings. The van der Waals surface area contributed by atoms with Crippen LogP contribution < -0.4 is 0 Å². The van der Waals surface area contributed by atoms with Crippen molar-refractivity contribution in [3.63, 3.8) is 0 Å². The fourth-order valence-corrected chi connectivity index (χ4v) is 7.38. The molecule has 0 aromatic heterocycles. The van der Waals surface area contributed by atoms with Gasteiger partial charge >= 0.3 is 0 Å². The molecule has 6 heteroatoms. The van der Waals surface area contributed by atoms with Gasteiger partial charge in [0.2, 0.25) is 5.60 Å². The van der Waals surface area contributed by atoms with Gasteiger partial charge in [-0.05, 0) is 44.3 Å². The normalized spacial score (nSPS) is 14.8. The van der Waals surface area contributed by atoms with Crippen molar-refractivity contribution in [2.45, 2.75) is 231 Å². The van der Waals surface area contributed by atoms with Crippen molar-refractivity contribution in [2.24, 2.45) is 0 Å². The number of aliphatic hydroxyl groups is 3. The summed E-state index contributed by atoms with van der Waals surface area (Å²) in [7, 11) is 0. The third kappa shape index (κ3) is 36.1. The van der Waals surface area contributed by atoms with E-state index in [1.807, 2.05) is 48.6 Å². The van der Waals surface area contributed by atoms with E-state index in [0.29, 0.717) is 6.42 Å². The second-order valence-corrected chi connectivity index (χ2v) is 17.5. The zero-order valence-corrected chi connectivity index (χ0v) is 41.5. The standard InChI is InChI=1S/C59H94O6/c1-4-7-10-13-16-19-22-25-27-29-31-34-37-40-43-46-49-52-55(61)59(65,56(62)53-50-47-44-41-38-35-32-30-28-26-23-20-17-14-11-8-5-2)58(64)57(63)54(60)51-48-45-42-39-36-33-24-21-18-15-12-9-6-3/h27-32,34-35,37-38,40-41,43-44,46-47,49-50,52-53,57-58,63-65H,4-26,33,36,39,42,45,48,51H2,1-3H3. The van der Waals surface area contributed by atoms with Crippen molar-refractivity contribution < 1.29 is 29.7 Å². The van der Waals surface area contributed by atoms with Crippen LogP contribution in [0.3, 0.4) is 0 Å². The van der Waals surface area contributed by atoms with Crippen LogP contribution >= 0.6 is 0 Å². The number of ketones is 3. The molecule has 0 fully saturated rings. The van der Waals surface area contributed by atoms with E-state index in [2.05, 4.69) is 32.9 Å². The van der Waals surface area contributed by atoms with Crippen LogP contribution in [0.5, 0.6) is 0 Å². The summed E-state index contributed by atoms with van der Waals surface area (Å²) in [5.74, 6) is -2.99. The zero-order valence-electron chi connectivity index (χ0n) is 41.5. The van der Waals surface area contributed by atoms with Crippen LogP contribution in [-0.2, 0) is 14.4 Å². The van der Waals surface area contributed by atoms with Gasteiger partial charge in [0.25, 0.3) is 0 Å². The van der Waals surface area contributed by atoms with E-state index < -0.39 is 35.2 Å². The number of hydrogen-bond donors (Lipinski definition) is 3. The first kappa shape index (κ1) is 61.3. The Kier molecular flexibility index (Phi) is 44.1. The van der Waals surface area contributed by atoms with Crippen molar-refractivity contribution in [2.75, 3.05) is 0 Å². The van der Waals surface area contributed by atoms with Crippen LogP contribution in [0.15, 0.2) is 122 Å². The molecule has 0 aromatic rings. The third-order valence-corrected chi connectivity index (χ3v) is 11.6. The highest BCUT2D eigenvalue weighted by atomic mass is 16.4. The maximum atomic E-state index is 13.4. The molecule has 0 aliphatic heterocycles. The van der Waals surface area contributed by atoms with Crippen LogP contribution in [0.2, 0.25) is 0 Å².